The van der Waals surface area contributed by atoms with E-state index in [4.69, 9.17) is 9.47 Å². The standard InChI is InChI=1S/C20H17F2NO5/c1-26-19(24)11-28-18-5-3-4-16-13(18)9-17(20(25)27-2)23(16)10-12-6-7-14(21)15(22)8-12/h3-9H,10-11H2,1-2H3. The number of carbonyl (C=O) groups is 2. The first kappa shape index (κ1) is 19.3. The lowest BCUT2D eigenvalue weighted by Crippen LogP contribution is -2.12. The van der Waals surface area contributed by atoms with Crippen LogP contribution >= 0.6 is 0 Å². The van der Waals surface area contributed by atoms with Gasteiger partial charge in [0.1, 0.15) is 11.4 Å². The van der Waals surface area contributed by atoms with Crippen molar-refractivity contribution in [2.45, 2.75) is 6.54 Å². The lowest BCUT2D eigenvalue weighted by Gasteiger charge is -2.11. The highest BCUT2D eigenvalue weighted by molar-refractivity contribution is 5.98. The first-order valence-corrected chi connectivity index (χ1v) is 8.28. The molecule has 146 valence electrons. The van der Waals surface area contributed by atoms with Crippen LogP contribution in [0.2, 0.25) is 0 Å². The Morgan fingerprint density at radius 1 is 1.00 bits per heavy atom. The number of aromatic nitrogens is 1. The Morgan fingerprint density at radius 2 is 1.79 bits per heavy atom. The third kappa shape index (κ3) is 3.80. The summed E-state index contributed by atoms with van der Waals surface area (Å²) in [5, 5.41) is 0.564. The van der Waals surface area contributed by atoms with Crippen molar-refractivity contribution in [3.05, 3.63) is 65.4 Å². The minimum absolute atomic E-state index is 0.103. The van der Waals surface area contributed by atoms with Crippen LogP contribution in [0.1, 0.15) is 16.1 Å². The highest BCUT2D eigenvalue weighted by atomic mass is 19.2. The zero-order chi connectivity index (χ0) is 20.3. The lowest BCUT2D eigenvalue weighted by molar-refractivity contribution is -0.142. The lowest BCUT2D eigenvalue weighted by atomic mass is 10.2. The van der Waals surface area contributed by atoms with Gasteiger partial charge < -0.3 is 18.8 Å². The van der Waals surface area contributed by atoms with Crippen LogP contribution in [-0.4, -0.2) is 37.3 Å². The third-order valence-corrected chi connectivity index (χ3v) is 4.20. The van der Waals surface area contributed by atoms with Gasteiger partial charge in [-0.1, -0.05) is 12.1 Å². The van der Waals surface area contributed by atoms with Crippen LogP contribution < -0.4 is 4.74 Å². The molecule has 3 rings (SSSR count). The number of methoxy groups -OCH3 is 2. The second-order valence-corrected chi connectivity index (χ2v) is 5.91. The zero-order valence-electron chi connectivity index (χ0n) is 15.2. The van der Waals surface area contributed by atoms with E-state index in [9.17, 15) is 18.4 Å². The van der Waals surface area contributed by atoms with Crippen molar-refractivity contribution in [1.82, 2.24) is 4.57 Å². The van der Waals surface area contributed by atoms with Crippen LogP contribution in [0.25, 0.3) is 10.9 Å². The van der Waals surface area contributed by atoms with Crippen molar-refractivity contribution in [2.75, 3.05) is 20.8 Å². The molecule has 0 amide bonds. The van der Waals surface area contributed by atoms with Crippen molar-refractivity contribution in [1.29, 1.82) is 0 Å². The van der Waals surface area contributed by atoms with E-state index in [0.717, 1.165) is 12.1 Å². The summed E-state index contributed by atoms with van der Waals surface area (Å²) in [6, 6.07) is 10.2. The molecule has 1 aromatic heterocycles. The normalized spacial score (nSPS) is 10.7. The number of hydrogen-bond acceptors (Lipinski definition) is 5. The fraction of sp³-hybridized carbons (Fsp3) is 0.200. The van der Waals surface area contributed by atoms with E-state index < -0.39 is 23.6 Å². The minimum atomic E-state index is -0.976. The topological polar surface area (TPSA) is 66.8 Å². The van der Waals surface area contributed by atoms with Crippen LogP contribution in [0.3, 0.4) is 0 Å². The number of hydrogen-bond donors (Lipinski definition) is 0. The van der Waals surface area contributed by atoms with Crippen molar-refractivity contribution in [3.63, 3.8) is 0 Å². The van der Waals surface area contributed by atoms with Crippen molar-refractivity contribution >= 4 is 22.8 Å². The molecule has 8 heteroatoms. The third-order valence-electron chi connectivity index (χ3n) is 4.20. The number of nitrogens with zero attached hydrogens (tertiary/aromatic N) is 1. The molecule has 0 bridgehead atoms. The van der Waals surface area contributed by atoms with Gasteiger partial charge >= 0.3 is 11.9 Å². The van der Waals surface area contributed by atoms with Gasteiger partial charge in [-0.2, -0.15) is 0 Å². The molecule has 2 aromatic carbocycles. The Balaban J connectivity index is 2.07. The molecule has 6 nitrogen and oxygen atoms in total. The first-order chi connectivity index (χ1) is 13.4. The zero-order valence-corrected chi connectivity index (χ0v) is 15.2. The number of halogens is 2. The Morgan fingerprint density at radius 3 is 2.46 bits per heavy atom. The first-order valence-electron chi connectivity index (χ1n) is 8.28. The largest absolute Gasteiger partial charge is 0.481 e. The summed E-state index contributed by atoms with van der Waals surface area (Å²) in [6.07, 6.45) is 0. The Bertz CT molecular complexity index is 1040. The molecule has 0 atom stereocenters. The molecule has 0 saturated carbocycles. The van der Waals surface area contributed by atoms with Gasteiger partial charge in [-0.05, 0) is 35.9 Å². The van der Waals surface area contributed by atoms with Crippen molar-refractivity contribution in [2.24, 2.45) is 0 Å². The van der Waals surface area contributed by atoms with Gasteiger partial charge in [-0.25, -0.2) is 18.4 Å². The molecule has 0 fully saturated rings. The van der Waals surface area contributed by atoms with E-state index in [1.807, 2.05) is 0 Å². The molecule has 3 aromatic rings. The summed E-state index contributed by atoms with van der Waals surface area (Å²) >= 11 is 0. The number of carbonyl (C=O) groups excluding carboxylic acids is 2. The molecule has 0 spiro atoms. The van der Waals surface area contributed by atoms with E-state index in [-0.39, 0.29) is 18.8 Å². The smallest absolute Gasteiger partial charge is 0.354 e. The van der Waals surface area contributed by atoms with Crippen LogP contribution in [0.15, 0.2) is 42.5 Å². The van der Waals surface area contributed by atoms with E-state index in [1.165, 1.54) is 20.3 Å². The number of ether oxygens (including phenoxy) is 3. The summed E-state index contributed by atoms with van der Waals surface area (Å²) in [5.41, 5.74) is 1.27. The molecule has 1 heterocycles. The summed E-state index contributed by atoms with van der Waals surface area (Å²) in [7, 11) is 2.50. The molecule has 28 heavy (non-hydrogen) atoms. The van der Waals surface area contributed by atoms with Gasteiger partial charge in [0.25, 0.3) is 0 Å². The molecule has 0 aliphatic heterocycles. The predicted octanol–water partition coefficient (Wildman–Crippen LogP) is 3.31. The summed E-state index contributed by atoms with van der Waals surface area (Å²) in [5.74, 6) is -2.70. The van der Waals surface area contributed by atoms with E-state index in [1.54, 1.807) is 28.8 Å². The molecule has 0 aliphatic carbocycles. The maximum atomic E-state index is 13.6. The molecular weight excluding hydrogens is 372 g/mol. The minimum Gasteiger partial charge on any atom is -0.481 e. The molecule has 0 N–H and O–H groups in total. The predicted molar refractivity (Wildman–Crippen MR) is 96.2 cm³/mol. The molecule has 0 radical (unpaired) electrons. The number of esters is 2. The SMILES string of the molecule is COC(=O)COc1cccc2c1cc(C(=O)OC)n2Cc1ccc(F)c(F)c1. The monoisotopic (exact) mass is 389 g/mol. The second kappa shape index (κ2) is 8.08. The average molecular weight is 389 g/mol. The van der Waals surface area contributed by atoms with Gasteiger partial charge in [0.2, 0.25) is 0 Å². The van der Waals surface area contributed by atoms with Crippen LogP contribution in [-0.2, 0) is 20.8 Å². The summed E-state index contributed by atoms with van der Waals surface area (Å²) < 4.78 is 43.3. The average Bonchev–Trinajstić information content (AvgIpc) is 3.07. The van der Waals surface area contributed by atoms with Crippen LogP contribution in [0, 0.1) is 11.6 Å². The molecule has 0 saturated heterocycles. The van der Waals surface area contributed by atoms with E-state index in [2.05, 4.69) is 4.74 Å². The van der Waals surface area contributed by atoms with E-state index in [0.29, 0.717) is 22.2 Å². The number of benzene rings is 2. The van der Waals surface area contributed by atoms with Gasteiger partial charge in [-0.15, -0.1) is 0 Å². The summed E-state index contributed by atoms with van der Waals surface area (Å²) in [6.45, 7) is -0.191. The second-order valence-electron chi connectivity index (χ2n) is 5.91. The Hall–Kier alpha value is -3.42. The number of fused-ring (bicyclic) bond motifs is 1. The van der Waals surface area contributed by atoms with Crippen LogP contribution in [0.4, 0.5) is 8.78 Å². The van der Waals surface area contributed by atoms with Crippen LogP contribution in [0.5, 0.6) is 5.75 Å². The Kier molecular flexibility index (Phi) is 5.58. The highest BCUT2D eigenvalue weighted by Crippen LogP contribution is 2.30. The number of rotatable bonds is 6. The fourth-order valence-corrected chi connectivity index (χ4v) is 2.84. The fourth-order valence-electron chi connectivity index (χ4n) is 2.84. The van der Waals surface area contributed by atoms with Gasteiger partial charge in [0, 0.05) is 11.9 Å². The van der Waals surface area contributed by atoms with Gasteiger partial charge in [0.05, 0.1) is 19.7 Å². The summed E-state index contributed by atoms with van der Waals surface area (Å²) in [4.78, 5) is 23.6. The molecule has 0 aliphatic rings. The maximum Gasteiger partial charge on any atom is 0.354 e. The molecule has 0 unspecified atom stereocenters. The van der Waals surface area contributed by atoms with E-state index >= 15 is 0 Å². The quantitative estimate of drug-likeness (QED) is 0.605. The highest BCUT2D eigenvalue weighted by Gasteiger charge is 2.19. The van der Waals surface area contributed by atoms with Crippen molar-refractivity contribution in [3.8, 4) is 5.75 Å². The molecular formula is C20H17F2NO5. The van der Waals surface area contributed by atoms with Gasteiger partial charge in [-0.3, -0.25) is 0 Å². The van der Waals surface area contributed by atoms with Gasteiger partial charge in [0.15, 0.2) is 18.2 Å². The van der Waals surface area contributed by atoms with Crippen molar-refractivity contribution < 1.29 is 32.6 Å². The maximum absolute atomic E-state index is 13.6. The Labute approximate surface area is 159 Å².